The van der Waals surface area contributed by atoms with Crippen molar-refractivity contribution in [2.75, 3.05) is 4.72 Å². The van der Waals surface area contributed by atoms with Gasteiger partial charge in [0.25, 0.3) is 0 Å². The normalized spacial score (nSPS) is 12.3. The van der Waals surface area contributed by atoms with Crippen LogP contribution in [0.3, 0.4) is 0 Å². The van der Waals surface area contributed by atoms with Gasteiger partial charge in [0.1, 0.15) is 0 Å². The Bertz CT molecular complexity index is 300. The molecule has 1 unspecified atom stereocenters. The molecule has 1 aromatic carbocycles. The second-order valence-electron chi connectivity index (χ2n) is 2.18. The summed E-state index contributed by atoms with van der Waals surface area (Å²) in [5.41, 5.74) is -4.55. The van der Waals surface area contributed by atoms with Crippen molar-refractivity contribution >= 4 is 16.7 Å². The number of alkyl halides is 3. The largest absolute Gasteiger partial charge is 0.490 e. The van der Waals surface area contributed by atoms with Crippen LogP contribution in [0.4, 0.5) is 18.9 Å². The first-order valence-corrected chi connectivity index (χ1v) is 5.45. The number of anilines is 1. The van der Waals surface area contributed by atoms with E-state index in [0.717, 1.165) is 0 Å². The van der Waals surface area contributed by atoms with Gasteiger partial charge in [0.15, 0.2) is 0 Å². The fourth-order valence-electron chi connectivity index (χ4n) is 0.671. The minimum Gasteiger partial charge on any atom is -0.298 e. The van der Waals surface area contributed by atoms with Crippen molar-refractivity contribution in [3.63, 3.8) is 0 Å². The Balaban J connectivity index is 0.000000921. The van der Waals surface area contributed by atoms with E-state index in [2.05, 4.69) is 0 Å². The maximum Gasteiger partial charge on any atom is 0.490 e. The average molecular weight is 239 g/mol. The smallest absolute Gasteiger partial charge is 0.298 e. The number of halogens is 3. The second-order valence-corrected chi connectivity index (χ2v) is 3.39. The topological polar surface area (TPSA) is 29.1 Å². The highest BCUT2D eigenvalue weighted by molar-refractivity contribution is 7.87. The molecule has 1 atom stereocenters. The van der Waals surface area contributed by atoms with Crippen molar-refractivity contribution in [3.05, 3.63) is 30.3 Å². The van der Waals surface area contributed by atoms with E-state index in [-0.39, 0.29) is 5.69 Å². The summed E-state index contributed by atoms with van der Waals surface area (Å²) in [4.78, 5) is 0. The quantitative estimate of drug-likeness (QED) is 0.842. The molecule has 0 saturated carbocycles. The molecule has 0 aliphatic carbocycles. The van der Waals surface area contributed by atoms with Crippen molar-refractivity contribution in [1.29, 1.82) is 0 Å². The van der Waals surface area contributed by atoms with E-state index in [9.17, 15) is 17.4 Å². The molecule has 0 aliphatic rings. The average Bonchev–Trinajstić information content (AvgIpc) is 2.21. The van der Waals surface area contributed by atoms with Crippen LogP contribution in [0.15, 0.2) is 30.3 Å². The number of nitrogens with one attached hydrogen (secondary N) is 1. The summed E-state index contributed by atoms with van der Waals surface area (Å²) < 4.78 is 47.7. The minimum absolute atomic E-state index is 0.179. The molecule has 0 radical (unpaired) electrons. The summed E-state index contributed by atoms with van der Waals surface area (Å²) in [5.74, 6) is 0. The number of benzene rings is 1. The molecule has 1 rings (SSSR count). The van der Waals surface area contributed by atoms with Gasteiger partial charge in [-0.1, -0.05) is 32.0 Å². The highest BCUT2D eigenvalue weighted by Crippen LogP contribution is 2.21. The van der Waals surface area contributed by atoms with Gasteiger partial charge in [-0.15, -0.1) is 0 Å². The Morgan fingerprint density at radius 2 is 1.60 bits per heavy atom. The molecule has 0 aliphatic heterocycles. The maximum absolute atomic E-state index is 11.8. The minimum atomic E-state index is -4.73. The van der Waals surface area contributed by atoms with Crippen LogP contribution in [0.5, 0.6) is 0 Å². The van der Waals surface area contributed by atoms with Gasteiger partial charge in [-0.3, -0.25) is 4.72 Å². The molecule has 15 heavy (non-hydrogen) atoms. The molecule has 0 spiro atoms. The van der Waals surface area contributed by atoms with Crippen LogP contribution in [0.2, 0.25) is 0 Å². The number of para-hydroxylation sites is 1. The molecular formula is C9H12F3NOS. The summed E-state index contributed by atoms with van der Waals surface area (Å²) in [7, 11) is -3.04. The van der Waals surface area contributed by atoms with E-state index >= 15 is 0 Å². The zero-order valence-electron chi connectivity index (χ0n) is 8.34. The van der Waals surface area contributed by atoms with Crippen LogP contribution >= 0.6 is 0 Å². The third-order valence-electron chi connectivity index (χ3n) is 1.19. The van der Waals surface area contributed by atoms with Crippen LogP contribution < -0.4 is 4.72 Å². The second kappa shape index (κ2) is 6.44. The molecule has 1 aromatic rings. The van der Waals surface area contributed by atoms with Gasteiger partial charge in [-0.25, -0.2) is 4.21 Å². The number of hydrogen-bond donors (Lipinski definition) is 1. The zero-order chi connectivity index (χ0) is 11.9. The lowest BCUT2D eigenvalue weighted by molar-refractivity contribution is -0.0379. The first kappa shape index (κ1) is 14.0. The lowest BCUT2D eigenvalue weighted by Gasteiger charge is -2.07. The lowest BCUT2D eigenvalue weighted by atomic mass is 10.3. The third kappa shape index (κ3) is 5.41. The predicted octanol–water partition coefficient (Wildman–Crippen LogP) is 3.31. The van der Waals surface area contributed by atoms with Gasteiger partial charge in [-0.2, -0.15) is 13.2 Å². The van der Waals surface area contributed by atoms with Crippen molar-refractivity contribution < 1.29 is 17.4 Å². The van der Waals surface area contributed by atoms with E-state index in [1.54, 1.807) is 18.2 Å². The first-order chi connectivity index (χ1) is 7.00. The summed E-state index contributed by atoms with van der Waals surface area (Å²) >= 11 is 0. The van der Waals surface area contributed by atoms with Gasteiger partial charge in [0, 0.05) is 5.69 Å². The molecule has 0 fully saturated rings. The number of rotatable bonds is 2. The van der Waals surface area contributed by atoms with E-state index in [1.165, 1.54) is 12.1 Å². The van der Waals surface area contributed by atoms with E-state index < -0.39 is 16.5 Å². The Morgan fingerprint density at radius 3 is 2.00 bits per heavy atom. The molecule has 0 saturated heterocycles. The standard InChI is InChI=1S/C7H6F3NOS.C2H6/c8-7(9,10)13(12)11-6-4-2-1-3-5-6;1-2/h1-5,11H;1-2H3. The van der Waals surface area contributed by atoms with E-state index in [1.807, 2.05) is 18.6 Å². The van der Waals surface area contributed by atoms with Gasteiger partial charge >= 0.3 is 5.51 Å². The summed E-state index contributed by atoms with van der Waals surface area (Å²) in [6.45, 7) is 4.00. The van der Waals surface area contributed by atoms with Crippen LogP contribution in [0.1, 0.15) is 13.8 Å². The highest BCUT2D eigenvalue weighted by atomic mass is 32.2. The first-order valence-electron chi connectivity index (χ1n) is 4.30. The van der Waals surface area contributed by atoms with Crippen LogP contribution in [0.25, 0.3) is 0 Å². The molecule has 86 valence electrons. The third-order valence-corrected chi connectivity index (χ3v) is 2.04. The molecule has 0 heterocycles. The fraction of sp³-hybridized carbons (Fsp3) is 0.333. The molecule has 0 bridgehead atoms. The maximum atomic E-state index is 11.8. The Labute approximate surface area is 89.1 Å². The molecular weight excluding hydrogens is 227 g/mol. The summed E-state index contributed by atoms with van der Waals surface area (Å²) in [5, 5.41) is 0. The Hall–Kier alpha value is -1.04. The predicted molar refractivity (Wildman–Crippen MR) is 55.6 cm³/mol. The molecule has 0 aromatic heterocycles. The van der Waals surface area contributed by atoms with Gasteiger partial charge < -0.3 is 0 Å². The van der Waals surface area contributed by atoms with Crippen LogP contribution in [-0.2, 0) is 11.0 Å². The van der Waals surface area contributed by atoms with Crippen LogP contribution in [0, 0.1) is 0 Å². The zero-order valence-corrected chi connectivity index (χ0v) is 9.15. The Morgan fingerprint density at radius 1 is 1.13 bits per heavy atom. The Kier molecular flexibility index (Phi) is 6.00. The molecule has 6 heteroatoms. The van der Waals surface area contributed by atoms with E-state index in [4.69, 9.17) is 0 Å². The van der Waals surface area contributed by atoms with Gasteiger partial charge in [-0.05, 0) is 12.1 Å². The highest BCUT2D eigenvalue weighted by Gasteiger charge is 2.37. The van der Waals surface area contributed by atoms with E-state index in [0.29, 0.717) is 0 Å². The molecule has 0 amide bonds. The number of hydrogen-bond acceptors (Lipinski definition) is 1. The lowest BCUT2D eigenvalue weighted by Crippen LogP contribution is -2.22. The van der Waals surface area contributed by atoms with Crippen LogP contribution in [-0.4, -0.2) is 9.72 Å². The molecule has 2 nitrogen and oxygen atoms in total. The van der Waals surface area contributed by atoms with Crippen molar-refractivity contribution in [2.24, 2.45) is 0 Å². The van der Waals surface area contributed by atoms with Crippen molar-refractivity contribution in [2.45, 2.75) is 19.4 Å². The SMILES string of the molecule is CC.O=S(Nc1ccccc1)C(F)(F)F. The molecule has 1 N–H and O–H groups in total. The summed E-state index contributed by atoms with van der Waals surface area (Å²) in [6.07, 6.45) is 0. The van der Waals surface area contributed by atoms with Gasteiger partial charge in [0.05, 0.1) is 0 Å². The fourth-order valence-corrected chi connectivity index (χ4v) is 1.14. The monoisotopic (exact) mass is 239 g/mol. The van der Waals surface area contributed by atoms with Gasteiger partial charge in [0.2, 0.25) is 11.0 Å². The summed E-state index contributed by atoms with van der Waals surface area (Å²) in [6, 6.07) is 7.57. The van der Waals surface area contributed by atoms with Crippen molar-refractivity contribution in [3.8, 4) is 0 Å². The van der Waals surface area contributed by atoms with Crippen molar-refractivity contribution in [1.82, 2.24) is 0 Å².